The number of ether oxygens (including phenoxy) is 1. The molecule has 0 saturated carbocycles. The van der Waals surface area contributed by atoms with Crippen LogP contribution in [0.4, 0.5) is 0 Å². The minimum atomic E-state index is -0.359. The molecule has 3 rings (SSSR count). The van der Waals surface area contributed by atoms with Gasteiger partial charge in [-0.05, 0) is 36.0 Å². The lowest BCUT2D eigenvalue weighted by Gasteiger charge is -2.21. The van der Waals surface area contributed by atoms with Crippen LogP contribution in [-0.2, 0) is 29.4 Å². The topological polar surface area (TPSA) is 64.4 Å². The van der Waals surface area contributed by atoms with Crippen molar-refractivity contribution in [1.29, 1.82) is 0 Å². The average molecular weight is 366 g/mol. The van der Waals surface area contributed by atoms with Gasteiger partial charge in [0, 0.05) is 38.8 Å². The minimum Gasteiger partial charge on any atom is -0.459 e. The summed E-state index contributed by atoms with van der Waals surface area (Å²) < 4.78 is 7.53. The number of carbonyl (C=O) groups is 1. The summed E-state index contributed by atoms with van der Waals surface area (Å²) >= 11 is 0. The molecule has 1 heterocycles. The van der Waals surface area contributed by atoms with Crippen LogP contribution in [0.3, 0.4) is 0 Å². The van der Waals surface area contributed by atoms with E-state index >= 15 is 0 Å². The van der Waals surface area contributed by atoms with E-state index in [0.717, 1.165) is 18.5 Å². The number of hydrogen-bond acceptors (Lipinski definition) is 4. The predicted molar refractivity (Wildman–Crippen MR) is 105 cm³/mol. The molecule has 0 bridgehead atoms. The first-order chi connectivity index (χ1) is 13.1. The van der Waals surface area contributed by atoms with Gasteiger partial charge >= 0.3 is 5.97 Å². The van der Waals surface area contributed by atoms with Gasteiger partial charge in [-0.25, -0.2) is 9.78 Å². The van der Waals surface area contributed by atoms with Crippen molar-refractivity contribution in [2.75, 3.05) is 6.61 Å². The number of aromatic nitrogens is 2. The largest absolute Gasteiger partial charge is 0.459 e. The van der Waals surface area contributed by atoms with Crippen LogP contribution < -0.4 is 0 Å². The predicted octanol–water partition coefficient (Wildman–Crippen LogP) is 3.09. The fourth-order valence-corrected chi connectivity index (χ4v) is 3.32. The van der Waals surface area contributed by atoms with Gasteiger partial charge in [-0.2, -0.15) is 0 Å². The molecule has 5 heteroatoms. The highest BCUT2D eigenvalue weighted by atomic mass is 16.5. The molecule has 1 N–H and O–H groups in total. The second-order valence-electron chi connectivity index (χ2n) is 7.02. The molecule has 1 aromatic heterocycles. The van der Waals surface area contributed by atoms with Gasteiger partial charge in [0.25, 0.3) is 0 Å². The third-order valence-electron chi connectivity index (χ3n) is 4.77. The van der Waals surface area contributed by atoms with E-state index in [1.165, 1.54) is 17.2 Å². The maximum atomic E-state index is 12.3. The summed E-state index contributed by atoms with van der Waals surface area (Å²) in [5.74, 6) is -0.135. The minimum absolute atomic E-state index is 0.176. The number of aliphatic hydroxyl groups excluding tert-OH is 1. The van der Waals surface area contributed by atoms with Gasteiger partial charge in [-0.15, -0.1) is 0 Å². The molecule has 27 heavy (non-hydrogen) atoms. The normalized spacial score (nSPS) is 21.6. The first-order valence-electron chi connectivity index (χ1n) is 9.33. The Hall–Kier alpha value is -2.66. The van der Waals surface area contributed by atoms with Crippen LogP contribution in [0.25, 0.3) is 6.08 Å². The molecule has 0 spiro atoms. The maximum Gasteiger partial charge on any atom is 0.331 e. The third-order valence-corrected chi connectivity index (χ3v) is 4.77. The fourth-order valence-electron chi connectivity index (χ4n) is 3.32. The van der Waals surface area contributed by atoms with E-state index < -0.39 is 0 Å². The number of aryl methyl sites for hydroxylation is 1. The van der Waals surface area contributed by atoms with E-state index in [1.807, 2.05) is 29.9 Å². The Bertz CT molecular complexity index is 822. The van der Waals surface area contributed by atoms with E-state index in [1.54, 1.807) is 12.4 Å². The van der Waals surface area contributed by atoms with Crippen LogP contribution in [-0.4, -0.2) is 33.3 Å². The molecule has 2 atom stereocenters. The van der Waals surface area contributed by atoms with E-state index in [-0.39, 0.29) is 24.6 Å². The average Bonchev–Trinajstić information content (AvgIpc) is 3.09. The van der Waals surface area contributed by atoms with Crippen molar-refractivity contribution in [3.63, 3.8) is 0 Å². The SMILES string of the molecule is Cn1cnc(/C=C/C(=O)OC2C/C=C\CC(CO)Cc3ccccc3C2)c1. The quantitative estimate of drug-likeness (QED) is 0.513. The van der Waals surface area contributed by atoms with Gasteiger partial charge in [0.05, 0.1) is 12.0 Å². The standard InChI is InChI=1S/C22H26N2O3/c1-24-14-20(23-16-24)10-11-22(26)27-21-9-5-2-6-17(15-25)12-18-7-3-4-8-19(18)13-21/h2-5,7-8,10-11,14,16-17,21,25H,6,9,12-13,15H2,1H3/b5-2-,11-10+. The van der Waals surface area contributed by atoms with Gasteiger partial charge in [0.1, 0.15) is 6.10 Å². The number of hydrogen-bond donors (Lipinski definition) is 1. The molecule has 0 amide bonds. The van der Waals surface area contributed by atoms with Crippen molar-refractivity contribution in [2.24, 2.45) is 13.0 Å². The molecule has 0 saturated heterocycles. The molecule has 2 unspecified atom stereocenters. The molecule has 142 valence electrons. The number of rotatable bonds is 4. The monoisotopic (exact) mass is 366 g/mol. The molecular weight excluding hydrogens is 340 g/mol. The van der Waals surface area contributed by atoms with Gasteiger partial charge < -0.3 is 14.4 Å². The number of benzene rings is 1. The van der Waals surface area contributed by atoms with E-state index in [2.05, 4.69) is 29.3 Å². The van der Waals surface area contributed by atoms with Crippen molar-refractivity contribution >= 4 is 12.0 Å². The van der Waals surface area contributed by atoms with Gasteiger partial charge in [0.15, 0.2) is 0 Å². The van der Waals surface area contributed by atoms with E-state index in [4.69, 9.17) is 4.74 Å². The highest BCUT2D eigenvalue weighted by molar-refractivity contribution is 5.86. The van der Waals surface area contributed by atoms with Gasteiger partial charge in [0.2, 0.25) is 0 Å². The van der Waals surface area contributed by atoms with Crippen molar-refractivity contribution in [3.05, 3.63) is 71.8 Å². The second kappa shape index (κ2) is 9.33. The number of allylic oxidation sites excluding steroid dienone is 1. The van der Waals surface area contributed by atoms with Crippen molar-refractivity contribution < 1.29 is 14.6 Å². The number of carbonyl (C=O) groups excluding carboxylic acids is 1. The molecule has 5 nitrogen and oxygen atoms in total. The summed E-state index contributed by atoms with van der Waals surface area (Å²) in [6.07, 6.45) is 13.5. The number of fused-ring (bicyclic) bond motifs is 1. The first kappa shape index (κ1) is 19.1. The Labute approximate surface area is 160 Å². The van der Waals surface area contributed by atoms with Crippen LogP contribution >= 0.6 is 0 Å². The van der Waals surface area contributed by atoms with Crippen LogP contribution in [0.5, 0.6) is 0 Å². The fraction of sp³-hybridized carbons (Fsp3) is 0.364. The van der Waals surface area contributed by atoms with Crippen molar-refractivity contribution in [2.45, 2.75) is 31.8 Å². The maximum absolute atomic E-state index is 12.3. The van der Waals surface area contributed by atoms with Crippen molar-refractivity contribution in [3.8, 4) is 0 Å². The Kier molecular flexibility index (Phi) is 6.60. The summed E-state index contributed by atoms with van der Waals surface area (Å²) in [6.45, 7) is 0.176. The summed E-state index contributed by atoms with van der Waals surface area (Å²) in [6, 6.07) is 8.21. The molecule has 1 aromatic carbocycles. The number of esters is 1. The smallest absolute Gasteiger partial charge is 0.331 e. The summed E-state index contributed by atoms with van der Waals surface area (Å²) in [5, 5.41) is 9.60. The summed E-state index contributed by atoms with van der Waals surface area (Å²) in [4.78, 5) is 16.4. The Morgan fingerprint density at radius 1 is 1.26 bits per heavy atom. The highest BCUT2D eigenvalue weighted by Crippen LogP contribution is 2.22. The Balaban J connectivity index is 1.70. The number of aliphatic hydroxyl groups is 1. The number of nitrogens with zero attached hydrogens (tertiary/aromatic N) is 2. The molecule has 0 aliphatic heterocycles. The van der Waals surface area contributed by atoms with Gasteiger partial charge in [-0.1, -0.05) is 36.4 Å². The molecule has 1 aliphatic rings. The lowest BCUT2D eigenvalue weighted by Crippen LogP contribution is -2.21. The number of imidazole rings is 1. The zero-order valence-electron chi connectivity index (χ0n) is 15.6. The zero-order valence-corrected chi connectivity index (χ0v) is 15.6. The van der Waals surface area contributed by atoms with E-state index in [0.29, 0.717) is 12.8 Å². The second-order valence-corrected chi connectivity index (χ2v) is 7.02. The van der Waals surface area contributed by atoms with Crippen LogP contribution in [0.2, 0.25) is 0 Å². The lowest BCUT2D eigenvalue weighted by molar-refractivity contribution is -0.142. The van der Waals surface area contributed by atoms with E-state index in [9.17, 15) is 9.90 Å². The molecule has 2 aromatic rings. The van der Waals surface area contributed by atoms with Crippen LogP contribution in [0.15, 0.2) is 55.0 Å². The molecular formula is C22H26N2O3. The Morgan fingerprint density at radius 3 is 2.70 bits per heavy atom. The Morgan fingerprint density at radius 2 is 2.00 bits per heavy atom. The van der Waals surface area contributed by atoms with Crippen molar-refractivity contribution in [1.82, 2.24) is 9.55 Å². The molecule has 0 fully saturated rings. The highest BCUT2D eigenvalue weighted by Gasteiger charge is 2.18. The molecule has 0 radical (unpaired) electrons. The summed E-state index contributed by atoms with van der Waals surface area (Å²) in [5.41, 5.74) is 3.12. The zero-order chi connectivity index (χ0) is 19.1. The third kappa shape index (κ3) is 5.66. The first-order valence-corrected chi connectivity index (χ1v) is 9.33. The molecule has 1 aliphatic carbocycles. The summed E-state index contributed by atoms with van der Waals surface area (Å²) in [7, 11) is 1.88. The van der Waals surface area contributed by atoms with Crippen LogP contribution in [0, 0.1) is 5.92 Å². The lowest BCUT2D eigenvalue weighted by atomic mass is 9.90. The van der Waals surface area contributed by atoms with Crippen LogP contribution in [0.1, 0.15) is 29.7 Å². The van der Waals surface area contributed by atoms with Gasteiger partial charge in [-0.3, -0.25) is 0 Å².